The Balaban J connectivity index is 2.43. The molecule has 1 N–H and O–H groups in total. The lowest BCUT2D eigenvalue weighted by atomic mass is 10.1. The molecule has 2 nitrogen and oxygen atoms in total. The van der Waals surface area contributed by atoms with Crippen LogP contribution < -0.4 is 5.32 Å². The van der Waals surface area contributed by atoms with Gasteiger partial charge in [-0.1, -0.05) is 0 Å². The van der Waals surface area contributed by atoms with Crippen molar-refractivity contribution in [3.8, 4) is 0 Å². The molecule has 72 valence electrons. The zero-order valence-electron chi connectivity index (χ0n) is 8.39. The van der Waals surface area contributed by atoms with Crippen LogP contribution in [0, 0.1) is 0 Å². The summed E-state index contributed by atoms with van der Waals surface area (Å²) >= 11 is 0. The van der Waals surface area contributed by atoms with Crippen molar-refractivity contribution in [2.24, 2.45) is 0 Å². The molecular weight excluding hydrogens is 155 g/mol. The minimum Gasteiger partial charge on any atom is -0.305 e. The highest BCUT2D eigenvalue weighted by molar-refractivity contribution is 4.91. The molecule has 1 rings (SSSR count). The summed E-state index contributed by atoms with van der Waals surface area (Å²) in [6, 6.07) is 0.00926. The number of halogens is 1. The molecule has 0 unspecified atom stereocenters. The highest BCUT2D eigenvalue weighted by atomic mass is 19.1. The Hall–Kier alpha value is -0.150. The van der Waals surface area contributed by atoms with Gasteiger partial charge in [-0.25, -0.2) is 4.39 Å². The van der Waals surface area contributed by atoms with E-state index in [-0.39, 0.29) is 11.6 Å². The molecule has 1 heterocycles. The van der Waals surface area contributed by atoms with Gasteiger partial charge >= 0.3 is 0 Å². The number of likely N-dealkylation sites (N-methyl/N-ethyl adjacent to an activating group) is 1. The van der Waals surface area contributed by atoms with Crippen molar-refractivity contribution < 1.29 is 4.39 Å². The van der Waals surface area contributed by atoms with Crippen LogP contribution in [0.2, 0.25) is 0 Å². The minimum absolute atomic E-state index is 0.00926. The normalized spacial score (nSPS) is 32.8. The second-order valence-corrected chi connectivity index (χ2v) is 4.74. The predicted molar refractivity (Wildman–Crippen MR) is 49.1 cm³/mol. The highest BCUT2D eigenvalue weighted by Crippen LogP contribution is 2.14. The number of likely N-dealkylation sites (tertiary alicyclic amines) is 1. The van der Waals surface area contributed by atoms with Gasteiger partial charge in [0.25, 0.3) is 0 Å². The summed E-state index contributed by atoms with van der Waals surface area (Å²) in [5.74, 6) is 0. The molecule has 0 aliphatic carbocycles. The predicted octanol–water partition coefficient (Wildman–Crippen LogP) is 1.03. The first-order valence-corrected chi connectivity index (χ1v) is 4.49. The Bertz CT molecular complexity index is 153. The van der Waals surface area contributed by atoms with E-state index in [0.29, 0.717) is 6.54 Å². The Morgan fingerprint density at radius 1 is 1.33 bits per heavy atom. The molecule has 1 aliphatic heterocycles. The van der Waals surface area contributed by atoms with Gasteiger partial charge in [0.2, 0.25) is 0 Å². The molecule has 2 atom stereocenters. The van der Waals surface area contributed by atoms with Crippen LogP contribution in [0.4, 0.5) is 4.39 Å². The van der Waals surface area contributed by atoms with Crippen molar-refractivity contribution in [2.75, 3.05) is 20.1 Å². The maximum absolute atomic E-state index is 13.3. The van der Waals surface area contributed by atoms with Crippen LogP contribution in [0.1, 0.15) is 20.8 Å². The van der Waals surface area contributed by atoms with Crippen molar-refractivity contribution in [3.63, 3.8) is 0 Å². The van der Waals surface area contributed by atoms with Gasteiger partial charge in [-0.3, -0.25) is 0 Å². The molecule has 1 aliphatic rings. The molecule has 1 saturated heterocycles. The zero-order valence-corrected chi connectivity index (χ0v) is 8.39. The maximum Gasteiger partial charge on any atom is 0.129 e. The SMILES string of the molecule is CN1C[C@H](F)[C@H](NC(C)(C)C)C1. The van der Waals surface area contributed by atoms with Gasteiger partial charge in [-0.2, -0.15) is 0 Å². The molecule has 12 heavy (non-hydrogen) atoms. The molecule has 1 fully saturated rings. The average molecular weight is 174 g/mol. The van der Waals surface area contributed by atoms with Crippen LogP contribution >= 0.6 is 0 Å². The summed E-state index contributed by atoms with van der Waals surface area (Å²) in [6.45, 7) is 7.58. The second-order valence-electron chi connectivity index (χ2n) is 4.74. The van der Waals surface area contributed by atoms with Crippen molar-refractivity contribution >= 4 is 0 Å². The number of hydrogen-bond acceptors (Lipinski definition) is 2. The van der Waals surface area contributed by atoms with Crippen LogP contribution in [-0.2, 0) is 0 Å². The number of nitrogens with zero attached hydrogens (tertiary/aromatic N) is 1. The van der Waals surface area contributed by atoms with E-state index >= 15 is 0 Å². The summed E-state index contributed by atoms with van der Waals surface area (Å²) in [4.78, 5) is 2.02. The summed E-state index contributed by atoms with van der Waals surface area (Å²) in [5, 5.41) is 3.28. The number of nitrogens with one attached hydrogen (secondary N) is 1. The quantitative estimate of drug-likeness (QED) is 0.638. The van der Waals surface area contributed by atoms with Gasteiger partial charge in [0.05, 0.1) is 6.04 Å². The maximum atomic E-state index is 13.3. The van der Waals surface area contributed by atoms with Gasteiger partial charge in [0.15, 0.2) is 0 Å². The number of hydrogen-bond donors (Lipinski definition) is 1. The fourth-order valence-corrected chi connectivity index (χ4v) is 1.64. The van der Waals surface area contributed by atoms with E-state index in [1.54, 1.807) is 0 Å². The Morgan fingerprint density at radius 2 is 1.92 bits per heavy atom. The number of rotatable bonds is 1. The van der Waals surface area contributed by atoms with Crippen molar-refractivity contribution in [3.05, 3.63) is 0 Å². The largest absolute Gasteiger partial charge is 0.305 e. The van der Waals surface area contributed by atoms with Crippen LogP contribution in [0.15, 0.2) is 0 Å². The van der Waals surface area contributed by atoms with Crippen molar-refractivity contribution in [2.45, 2.75) is 38.5 Å². The molecule has 0 saturated carbocycles. The molecular formula is C9H19FN2. The first-order chi connectivity index (χ1) is 5.38. The van der Waals surface area contributed by atoms with E-state index in [1.807, 2.05) is 11.9 Å². The highest BCUT2D eigenvalue weighted by Gasteiger charge is 2.32. The van der Waals surface area contributed by atoms with E-state index in [2.05, 4.69) is 26.1 Å². The lowest BCUT2D eigenvalue weighted by Gasteiger charge is -2.26. The Morgan fingerprint density at radius 3 is 2.25 bits per heavy atom. The molecule has 0 aromatic carbocycles. The molecule has 0 amide bonds. The van der Waals surface area contributed by atoms with Gasteiger partial charge in [0, 0.05) is 18.6 Å². The molecule has 0 radical (unpaired) electrons. The lowest BCUT2D eigenvalue weighted by molar-refractivity contribution is 0.256. The fraction of sp³-hybridized carbons (Fsp3) is 1.00. The van der Waals surface area contributed by atoms with Gasteiger partial charge in [0.1, 0.15) is 6.17 Å². The smallest absolute Gasteiger partial charge is 0.129 e. The van der Waals surface area contributed by atoms with Crippen LogP contribution in [0.3, 0.4) is 0 Å². The van der Waals surface area contributed by atoms with E-state index < -0.39 is 6.17 Å². The molecule has 3 heteroatoms. The van der Waals surface area contributed by atoms with E-state index in [1.165, 1.54) is 0 Å². The van der Waals surface area contributed by atoms with Gasteiger partial charge in [-0.05, 0) is 27.8 Å². The molecule has 0 aromatic heterocycles. The Labute approximate surface area is 74.1 Å². The van der Waals surface area contributed by atoms with Crippen LogP contribution in [0.25, 0.3) is 0 Å². The monoisotopic (exact) mass is 174 g/mol. The van der Waals surface area contributed by atoms with Gasteiger partial charge < -0.3 is 10.2 Å². The third-order valence-corrected chi connectivity index (χ3v) is 2.05. The fourth-order valence-electron chi connectivity index (χ4n) is 1.64. The summed E-state index contributed by atoms with van der Waals surface area (Å²) in [6.07, 6.45) is -0.714. The van der Waals surface area contributed by atoms with Crippen LogP contribution in [-0.4, -0.2) is 42.8 Å². The minimum atomic E-state index is -0.714. The Kier molecular flexibility index (Phi) is 2.74. The lowest BCUT2D eigenvalue weighted by Crippen LogP contribution is -2.48. The molecule has 0 aromatic rings. The summed E-state index contributed by atoms with van der Waals surface area (Å²) < 4.78 is 13.3. The molecule has 0 spiro atoms. The van der Waals surface area contributed by atoms with Gasteiger partial charge in [-0.15, -0.1) is 0 Å². The summed E-state index contributed by atoms with van der Waals surface area (Å²) in [5.41, 5.74) is 0.0141. The topological polar surface area (TPSA) is 15.3 Å². The first-order valence-electron chi connectivity index (χ1n) is 4.49. The van der Waals surface area contributed by atoms with E-state index in [4.69, 9.17) is 0 Å². The van der Waals surface area contributed by atoms with E-state index in [0.717, 1.165) is 6.54 Å². The van der Waals surface area contributed by atoms with E-state index in [9.17, 15) is 4.39 Å². The standard InChI is InChI=1S/C9H19FN2/c1-9(2,3)11-8-6-12(4)5-7(8)10/h7-8,11H,5-6H2,1-4H3/t7-,8+/m0/s1. The average Bonchev–Trinajstić information content (AvgIpc) is 2.06. The first kappa shape index (κ1) is 9.93. The van der Waals surface area contributed by atoms with Crippen molar-refractivity contribution in [1.82, 2.24) is 10.2 Å². The third kappa shape index (κ3) is 2.72. The second kappa shape index (κ2) is 3.30. The molecule has 0 bridgehead atoms. The zero-order chi connectivity index (χ0) is 9.35. The van der Waals surface area contributed by atoms with Crippen molar-refractivity contribution in [1.29, 1.82) is 0 Å². The summed E-state index contributed by atoms with van der Waals surface area (Å²) in [7, 11) is 1.96. The third-order valence-electron chi connectivity index (χ3n) is 2.05. The van der Waals surface area contributed by atoms with Crippen LogP contribution in [0.5, 0.6) is 0 Å². The number of alkyl halides is 1.